The zero-order chi connectivity index (χ0) is 18.1. The number of benzene rings is 2. The van der Waals surface area contributed by atoms with Crippen molar-refractivity contribution in [1.82, 2.24) is 5.32 Å². The van der Waals surface area contributed by atoms with Crippen LogP contribution in [0.1, 0.15) is 17.5 Å². The van der Waals surface area contributed by atoms with E-state index in [0.717, 1.165) is 55.1 Å². The highest BCUT2D eigenvalue weighted by atomic mass is 35.5. The van der Waals surface area contributed by atoms with Gasteiger partial charge in [0.2, 0.25) is 5.91 Å². The van der Waals surface area contributed by atoms with Crippen molar-refractivity contribution >= 4 is 40.5 Å². The molecule has 0 bridgehead atoms. The Bertz CT molecular complexity index is 834. The van der Waals surface area contributed by atoms with E-state index >= 15 is 0 Å². The zero-order valence-electron chi connectivity index (χ0n) is 14.5. The highest BCUT2D eigenvalue weighted by molar-refractivity contribution is 6.34. The van der Waals surface area contributed by atoms with Crippen LogP contribution in [-0.2, 0) is 17.8 Å². The van der Waals surface area contributed by atoms with Crippen molar-refractivity contribution < 1.29 is 4.79 Å². The average Bonchev–Trinajstić information content (AvgIpc) is 2.64. The van der Waals surface area contributed by atoms with Crippen LogP contribution in [0.3, 0.4) is 0 Å². The van der Waals surface area contributed by atoms with Crippen LogP contribution in [0.5, 0.6) is 0 Å². The van der Waals surface area contributed by atoms with E-state index in [-0.39, 0.29) is 5.91 Å². The number of fused-ring (bicyclic) bond motifs is 1. The first-order valence-electron chi connectivity index (χ1n) is 8.95. The smallest absolute Gasteiger partial charge is 0.227 e. The molecule has 0 radical (unpaired) electrons. The Morgan fingerprint density at radius 3 is 2.65 bits per heavy atom. The number of nitrogens with one attached hydrogen (secondary N) is 1. The van der Waals surface area contributed by atoms with Gasteiger partial charge < -0.3 is 15.1 Å². The monoisotopic (exact) mass is 389 g/mol. The van der Waals surface area contributed by atoms with Gasteiger partial charge in [-0.25, -0.2) is 0 Å². The molecule has 4 rings (SSSR count). The number of amides is 1. The fourth-order valence-corrected chi connectivity index (χ4v) is 4.29. The predicted molar refractivity (Wildman–Crippen MR) is 107 cm³/mol. The number of carbonyl (C=O) groups is 1. The van der Waals surface area contributed by atoms with Gasteiger partial charge in [0.15, 0.2) is 0 Å². The molecule has 0 aliphatic carbocycles. The Labute approximate surface area is 163 Å². The van der Waals surface area contributed by atoms with E-state index in [1.54, 1.807) is 4.90 Å². The SMILES string of the molecule is O=C1CCc2cccc(Cl)c2N1Cc1cc(Cl)cc(N2CCNCC2)c1. The molecule has 0 saturated carbocycles. The first-order chi connectivity index (χ1) is 12.6. The molecule has 2 aliphatic rings. The van der Waals surface area contributed by atoms with E-state index < -0.39 is 0 Å². The summed E-state index contributed by atoms with van der Waals surface area (Å²) in [6.07, 6.45) is 1.26. The lowest BCUT2D eigenvalue weighted by atomic mass is 10.00. The van der Waals surface area contributed by atoms with Gasteiger partial charge in [-0.2, -0.15) is 0 Å². The Balaban J connectivity index is 1.65. The number of aryl methyl sites for hydroxylation is 1. The van der Waals surface area contributed by atoms with Crippen LogP contribution >= 0.6 is 23.2 Å². The first kappa shape index (κ1) is 17.7. The quantitative estimate of drug-likeness (QED) is 0.864. The maximum Gasteiger partial charge on any atom is 0.227 e. The molecule has 0 aromatic heterocycles. The van der Waals surface area contributed by atoms with Gasteiger partial charge in [-0.15, -0.1) is 0 Å². The summed E-state index contributed by atoms with van der Waals surface area (Å²) in [5.74, 6) is 0.106. The average molecular weight is 390 g/mol. The van der Waals surface area contributed by atoms with Crippen molar-refractivity contribution in [1.29, 1.82) is 0 Å². The summed E-state index contributed by atoms with van der Waals surface area (Å²) in [5.41, 5.74) is 4.10. The molecule has 2 heterocycles. The summed E-state index contributed by atoms with van der Waals surface area (Å²) >= 11 is 12.8. The third-order valence-corrected chi connectivity index (χ3v) is 5.54. The predicted octanol–water partition coefficient (Wildman–Crippen LogP) is 3.88. The van der Waals surface area contributed by atoms with Crippen LogP contribution in [0.4, 0.5) is 11.4 Å². The van der Waals surface area contributed by atoms with Gasteiger partial charge in [-0.1, -0.05) is 35.3 Å². The molecule has 1 N–H and O–H groups in total. The molecule has 136 valence electrons. The number of hydrogen-bond donors (Lipinski definition) is 1. The summed E-state index contributed by atoms with van der Waals surface area (Å²) in [6, 6.07) is 11.9. The summed E-state index contributed by atoms with van der Waals surface area (Å²) in [6.45, 7) is 4.33. The Morgan fingerprint density at radius 2 is 1.85 bits per heavy atom. The molecule has 6 heteroatoms. The van der Waals surface area contributed by atoms with Gasteiger partial charge in [-0.05, 0) is 41.8 Å². The van der Waals surface area contributed by atoms with Crippen molar-refractivity contribution in [3.63, 3.8) is 0 Å². The lowest BCUT2D eigenvalue weighted by Crippen LogP contribution is -2.43. The maximum atomic E-state index is 12.6. The van der Waals surface area contributed by atoms with Gasteiger partial charge in [0.1, 0.15) is 0 Å². The number of anilines is 2. The highest BCUT2D eigenvalue weighted by Gasteiger charge is 2.26. The van der Waals surface area contributed by atoms with Crippen LogP contribution in [0, 0.1) is 0 Å². The van der Waals surface area contributed by atoms with Crippen molar-refractivity contribution in [3.05, 3.63) is 57.6 Å². The standard InChI is InChI=1S/C20H21Cl2N3O/c21-16-10-14(11-17(12-16)24-8-6-23-7-9-24)13-25-19(26)5-4-15-2-1-3-18(22)20(15)25/h1-3,10-12,23H,4-9,13H2. The van der Waals surface area contributed by atoms with Gasteiger partial charge in [0.05, 0.1) is 17.3 Å². The fourth-order valence-electron chi connectivity index (χ4n) is 3.75. The minimum absolute atomic E-state index is 0.106. The molecule has 1 saturated heterocycles. The normalized spacial score (nSPS) is 17.4. The second-order valence-electron chi connectivity index (χ2n) is 6.78. The third-order valence-electron chi connectivity index (χ3n) is 5.01. The molecule has 0 atom stereocenters. The van der Waals surface area contributed by atoms with Crippen LogP contribution in [0.25, 0.3) is 0 Å². The number of nitrogens with zero attached hydrogens (tertiary/aromatic N) is 2. The molecule has 1 amide bonds. The minimum Gasteiger partial charge on any atom is -0.369 e. The van der Waals surface area contributed by atoms with E-state index in [2.05, 4.69) is 16.3 Å². The summed E-state index contributed by atoms with van der Waals surface area (Å²) in [7, 11) is 0. The molecule has 2 aromatic carbocycles. The van der Waals surface area contributed by atoms with Crippen LogP contribution in [-0.4, -0.2) is 32.1 Å². The van der Waals surface area contributed by atoms with Crippen molar-refractivity contribution in [2.24, 2.45) is 0 Å². The minimum atomic E-state index is 0.106. The van der Waals surface area contributed by atoms with Crippen LogP contribution in [0.2, 0.25) is 10.0 Å². The first-order valence-corrected chi connectivity index (χ1v) is 9.70. The fraction of sp³-hybridized carbons (Fsp3) is 0.350. The van der Waals surface area contributed by atoms with Crippen LogP contribution < -0.4 is 15.1 Å². The van der Waals surface area contributed by atoms with E-state index in [9.17, 15) is 4.79 Å². The summed E-state index contributed by atoms with van der Waals surface area (Å²) in [4.78, 5) is 16.7. The largest absolute Gasteiger partial charge is 0.369 e. The molecular formula is C20H21Cl2N3O. The lowest BCUT2D eigenvalue weighted by Gasteiger charge is -2.32. The molecule has 0 unspecified atom stereocenters. The van der Waals surface area contributed by atoms with E-state index in [4.69, 9.17) is 23.2 Å². The second kappa shape index (κ2) is 7.47. The second-order valence-corrected chi connectivity index (χ2v) is 7.63. The van der Waals surface area contributed by atoms with Gasteiger partial charge in [0.25, 0.3) is 0 Å². The number of piperazine rings is 1. The molecule has 4 nitrogen and oxygen atoms in total. The maximum absolute atomic E-state index is 12.6. The number of carbonyl (C=O) groups excluding carboxylic acids is 1. The Hall–Kier alpha value is -1.75. The number of hydrogen-bond acceptors (Lipinski definition) is 3. The van der Waals surface area contributed by atoms with Gasteiger partial charge >= 0.3 is 0 Å². The summed E-state index contributed by atoms with van der Waals surface area (Å²) < 4.78 is 0. The van der Waals surface area contributed by atoms with E-state index in [1.165, 1.54) is 0 Å². The van der Waals surface area contributed by atoms with Crippen LogP contribution in [0.15, 0.2) is 36.4 Å². The summed E-state index contributed by atoms with van der Waals surface area (Å²) in [5, 5.41) is 4.68. The third kappa shape index (κ3) is 3.54. The molecule has 26 heavy (non-hydrogen) atoms. The molecule has 0 spiro atoms. The van der Waals surface area contributed by atoms with E-state index in [0.29, 0.717) is 23.0 Å². The number of para-hydroxylation sites is 1. The lowest BCUT2D eigenvalue weighted by molar-refractivity contribution is -0.119. The highest BCUT2D eigenvalue weighted by Crippen LogP contribution is 2.36. The molecule has 1 fully saturated rings. The topological polar surface area (TPSA) is 35.6 Å². The number of halogens is 2. The molecule has 2 aliphatic heterocycles. The van der Waals surface area contributed by atoms with Crippen molar-refractivity contribution in [3.8, 4) is 0 Å². The van der Waals surface area contributed by atoms with Gasteiger partial charge in [-0.3, -0.25) is 4.79 Å². The molecular weight excluding hydrogens is 369 g/mol. The Kier molecular flexibility index (Phi) is 5.07. The van der Waals surface area contributed by atoms with Crippen molar-refractivity contribution in [2.45, 2.75) is 19.4 Å². The number of rotatable bonds is 3. The van der Waals surface area contributed by atoms with E-state index in [1.807, 2.05) is 30.3 Å². The molecule has 2 aromatic rings. The zero-order valence-corrected chi connectivity index (χ0v) is 16.0. The van der Waals surface area contributed by atoms with Gasteiger partial charge in [0, 0.05) is 43.3 Å². The Morgan fingerprint density at radius 1 is 1.04 bits per heavy atom. The van der Waals surface area contributed by atoms with Crippen molar-refractivity contribution in [2.75, 3.05) is 36.0 Å².